The van der Waals surface area contributed by atoms with Crippen molar-refractivity contribution in [2.45, 2.75) is 53.1 Å². The van der Waals surface area contributed by atoms with Crippen LogP contribution in [0.25, 0.3) is 0 Å². The molecule has 0 aliphatic heterocycles. The standard InChI is InChI=1S/C17H28O3/c1-4-7-8-14(5-2)13-20-16-10-9-15(12-18)11-17(16)19-6-3/h9-11,14,18H,4-8,12-13H2,1-3H3. The Morgan fingerprint density at radius 1 is 1.10 bits per heavy atom. The fourth-order valence-electron chi connectivity index (χ4n) is 2.14. The molecule has 1 unspecified atom stereocenters. The van der Waals surface area contributed by atoms with Crippen LogP contribution in [0.15, 0.2) is 18.2 Å². The lowest BCUT2D eigenvalue weighted by Gasteiger charge is -2.18. The van der Waals surface area contributed by atoms with E-state index in [1.165, 1.54) is 19.3 Å². The van der Waals surface area contributed by atoms with Gasteiger partial charge >= 0.3 is 0 Å². The molecule has 1 aromatic rings. The molecule has 0 heterocycles. The molecule has 3 nitrogen and oxygen atoms in total. The molecule has 0 radical (unpaired) electrons. The van der Waals surface area contributed by atoms with Crippen LogP contribution in [-0.4, -0.2) is 18.3 Å². The van der Waals surface area contributed by atoms with Crippen LogP contribution in [0.4, 0.5) is 0 Å². The molecule has 0 bridgehead atoms. The zero-order chi connectivity index (χ0) is 14.8. The monoisotopic (exact) mass is 280 g/mol. The van der Waals surface area contributed by atoms with Gasteiger partial charge in [-0.2, -0.15) is 0 Å². The van der Waals surface area contributed by atoms with Crippen molar-refractivity contribution in [2.75, 3.05) is 13.2 Å². The molecule has 0 saturated carbocycles. The summed E-state index contributed by atoms with van der Waals surface area (Å²) in [6, 6.07) is 5.62. The number of unbranched alkanes of at least 4 members (excludes halogenated alkanes) is 1. The van der Waals surface area contributed by atoms with Crippen LogP contribution in [0.3, 0.4) is 0 Å². The summed E-state index contributed by atoms with van der Waals surface area (Å²) in [5.74, 6) is 2.10. The summed E-state index contributed by atoms with van der Waals surface area (Å²) >= 11 is 0. The van der Waals surface area contributed by atoms with E-state index in [0.717, 1.165) is 30.1 Å². The van der Waals surface area contributed by atoms with Crippen LogP contribution in [0.2, 0.25) is 0 Å². The summed E-state index contributed by atoms with van der Waals surface area (Å²) in [4.78, 5) is 0. The van der Waals surface area contributed by atoms with Crippen molar-refractivity contribution in [3.05, 3.63) is 23.8 Å². The Bertz CT molecular complexity index is 376. The highest BCUT2D eigenvalue weighted by molar-refractivity contribution is 5.42. The summed E-state index contributed by atoms with van der Waals surface area (Å²) in [5.41, 5.74) is 0.846. The second-order valence-electron chi connectivity index (χ2n) is 5.10. The van der Waals surface area contributed by atoms with Crippen LogP contribution >= 0.6 is 0 Å². The Morgan fingerprint density at radius 2 is 1.90 bits per heavy atom. The van der Waals surface area contributed by atoms with Gasteiger partial charge in [0.2, 0.25) is 0 Å². The van der Waals surface area contributed by atoms with E-state index in [0.29, 0.717) is 12.5 Å². The molecule has 0 fully saturated rings. The van der Waals surface area contributed by atoms with E-state index in [1.807, 2.05) is 25.1 Å². The number of rotatable bonds is 10. The van der Waals surface area contributed by atoms with Gasteiger partial charge in [-0.1, -0.05) is 39.2 Å². The van der Waals surface area contributed by atoms with Gasteiger partial charge in [0.15, 0.2) is 11.5 Å². The third kappa shape index (κ3) is 5.41. The van der Waals surface area contributed by atoms with Crippen LogP contribution in [-0.2, 0) is 6.61 Å². The van der Waals surface area contributed by atoms with Gasteiger partial charge in [-0.15, -0.1) is 0 Å². The minimum absolute atomic E-state index is 0.0223. The van der Waals surface area contributed by atoms with Crippen LogP contribution in [0, 0.1) is 5.92 Å². The highest BCUT2D eigenvalue weighted by Crippen LogP contribution is 2.29. The van der Waals surface area contributed by atoms with Crippen molar-refractivity contribution in [3.8, 4) is 11.5 Å². The number of benzene rings is 1. The summed E-state index contributed by atoms with van der Waals surface area (Å²) < 4.78 is 11.5. The first-order valence-electron chi connectivity index (χ1n) is 7.74. The number of hydrogen-bond acceptors (Lipinski definition) is 3. The molecular weight excluding hydrogens is 252 g/mol. The molecule has 1 aromatic carbocycles. The SMILES string of the molecule is CCCCC(CC)COc1ccc(CO)cc1OCC. The smallest absolute Gasteiger partial charge is 0.161 e. The molecular formula is C17H28O3. The number of hydrogen-bond donors (Lipinski definition) is 1. The van der Waals surface area contributed by atoms with Crippen LogP contribution in [0.5, 0.6) is 11.5 Å². The van der Waals surface area contributed by atoms with Crippen LogP contribution in [0.1, 0.15) is 52.0 Å². The Hall–Kier alpha value is -1.22. The first kappa shape index (κ1) is 16.8. The number of ether oxygens (including phenoxy) is 2. The molecule has 3 heteroatoms. The van der Waals surface area contributed by atoms with Crippen molar-refractivity contribution in [1.82, 2.24) is 0 Å². The third-order valence-electron chi connectivity index (χ3n) is 3.51. The van der Waals surface area contributed by atoms with E-state index < -0.39 is 0 Å². The minimum Gasteiger partial charge on any atom is -0.490 e. The maximum Gasteiger partial charge on any atom is 0.161 e. The fourth-order valence-corrected chi connectivity index (χ4v) is 2.14. The van der Waals surface area contributed by atoms with Gasteiger partial charge in [0, 0.05) is 0 Å². The maximum absolute atomic E-state index is 9.18. The zero-order valence-corrected chi connectivity index (χ0v) is 13.0. The van der Waals surface area contributed by atoms with E-state index in [2.05, 4.69) is 13.8 Å². The Morgan fingerprint density at radius 3 is 2.50 bits per heavy atom. The minimum atomic E-state index is 0.0223. The Balaban J connectivity index is 2.65. The Kier molecular flexibility index (Phi) is 8.12. The van der Waals surface area contributed by atoms with Gasteiger partial charge in [-0.25, -0.2) is 0 Å². The third-order valence-corrected chi connectivity index (χ3v) is 3.51. The molecule has 1 rings (SSSR count). The van der Waals surface area contributed by atoms with E-state index >= 15 is 0 Å². The van der Waals surface area contributed by atoms with Crippen molar-refractivity contribution in [1.29, 1.82) is 0 Å². The van der Waals surface area contributed by atoms with E-state index in [-0.39, 0.29) is 6.61 Å². The molecule has 20 heavy (non-hydrogen) atoms. The molecule has 1 N–H and O–H groups in total. The lowest BCUT2D eigenvalue weighted by atomic mass is 10.0. The molecule has 1 atom stereocenters. The largest absolute Gasteiger partial charge is 0.490 e. The van der Waals surface area contributed by atoms with Gasteiger partial charge in [0.1, 0.15) is 0 Å². The molecule has 114 valence electrons. The molecule has 0 saturated heterocycles. The number of aliphatic hydroxyl groups excluding tert-OH is 1. The van der Waals surface area contributed by atoms with Gasteiger partial charge in [-0.05, 0) is 37.0 Å². The average molecular weight is 280 g/mol. The van der Waals surface area contributed by atoms with Gasteiger partial charge in [-0.3, -0.25) is 0 Å². The second-order valence-corrected chi connectivity index (χ2v) is 5.10. The predicted molar refractivity (Wildman–Crippen MR) is 82.3 cm³/mol. The average Bonchev–Trinajstić information content (AvgIpc) is 2.48. The lowest BCUT2D eigenvalue weighted by molar-refractivity contribution is 0.219. The predicted octanol–water partition coefficient (Wildman–Crippen LogP) is 4.17. The van der Waals surface area contributed by atoms with Gasteiger partial charge < -0.3 is 14.6 Å². The molecule has 0 amide bonds. The number of aliphatic hydroxyl groups is 1. The highest BCUT2D eigenvalue weighted by Gasteiger charge is 2.10. The van der Waals surface area contributed by atoms with E-state index in [9.17, 15) is 5.11 Å². The first-order valence-corrected chi connectivity index (χ1v) is 7.74. The van der Waals surface area contributed by atoms with Crippen molar-refractivity contribution >= 4 is 0 Å². The first-order chi connectivity index (χ1) is 9.74. The summed E-state index contributed by atoms with van der Waals surface area (Å²) in [7, 11) is 0. The molecule has 0 aliphatic rings. The quantitative estimate of drug-likeness (QED) is 0.699. The fraction of sp³-hybridized carbons (Fsp3) is 0.647. The van der Waals surface area contributed by atoms with Gasteiger partial charge in [0.25, 0.3) is 0 Å². The maximum atomic E-state index is 9.18. The van der Waals surface area contributed by atoms with Crippen molar-refractivity contribution in [2.24, 2.45) is 5.92 Å². The molecule has 0 spiro atoms. The van der Waals surface area contributed by atoms with Crippen LogP contribution < -0.4 is 9.47 Å². The topological polar surface area (TPSA) is 38.7 Å². The van der Waals surface area contributed by atoms with Crippen molar-refractivity contribution < 1.29 is 14.6 Å². The second kappa shape index (κ2) is 9.65. The Labute approximate surface area is 122 Å². The summed E-state index contributed by atoms with van der Waals surface area (Å²) in [6.45, 7) is 7.73. The van der Waals surface area contributed by atoms with Gasteiger partial charge in [0.05, 0.1) is 19.8 Å². The van der Waals surface area contributed by atoms with E-state index in [4.69, 9.17) is 9.47 Å². The lowest BCUT2D eigenvalue weighted by Crippen LogP contribution is -2.12. The zero-order valence-electron chi connectivity index (χ0n) is 13.0. The molecule has 0 aromatic heterocycles. The summed E-state index contributed by atoms with van der Waals surface area (Å²) in [6.07, 6.45) is 4.83. The summed E-state index contributed by atoms with van der Waals surface area (Å²) in [5, 5.41) is 9.18. The molecule has 0 aliphatic carbocycles. The highest BCUT2D eigenvalue weighted by atomic mass is 16.5. The van der Waals surface area contributed by atoms with E-state index in [1.54, 1.807) is 0 Å². The normalized spacial score (nSPS) is 12.2. The van der Waals surface area contributed by atoms with Crippen molar-refractivity contribution in [3.63, 3.8) is 0 Å².